The molecule has 60 valence electrons. The Balaban J connectivity index is 3.04. The summed E-state index contributed by atoms with van der Waals surface area (Å²) in [5.41, 5.74) is 1.54. The molecule has 0 bridgehead atoms. The van der Waals surface area contributed by atoms with Crippen molar-refractivity contribution < 1.29 is 0 Å². The van der Waals surface area contributed by atoms with Crippen LogP contribution in [-0.4, -0.2) is 0 Å². The van der Waals surface area contributed by atoms with E-state index in [4.69, 9.17) is 0 Å². The largest absolute Gasteiger partial charge is 0.0887 e. The van der Waals surface area contributed by atoms with Crippen molar-refractivity contribution in [2.75, 3.05) is 0 Å². The summed E-state index contributed by atoms with van der Waals surface area (Å²) in [6.45, 7) is 6.59. The highest BCUT2D eigenvalue weighted by atomic mass is 13.9. The average Bonchev–Trinajstić information content (AvgIpc) is 1.98. The highest BCUT2D eigenvalue weighted by Gasteiger charge is 1.88. The third-order valence-corrected chi connectivity index (χ3v) is 1.92. The van der Waals surface area contributed by atoms with E-state index in [9.17, 15) is 0 Å². The Hall–Kier alpha value is -0.260. The maximum Gasteiger partial charge on any atom is -0.0323 e. The summed E-state index contributed by atoms with van der Waals surface area (Å²) in [5, 5.41) is 0. The highest BCUT2D eigenvalue weighted by Crippen LogP contribution is 2.08. The molecule has 0 aliphatic carbocycles. The minimum Gasteiger partial charge on any atom is -0.0887 e. The lowest BCUT2D eigenvalue weighted by Gasteiger charge is -1.98. The fourth-order valence-corrected chi connectivity index (χ4v) is 0.975. The van der Waals surface area contributed by atoms with Gasteiger partial charge in [0.1, 0.15) is 0 Å². The summed E-state index contributed by atoms with van der Waals surface area (Å²) < 4.78 is 0. The molecule has 0 aliphatic heterocycles. The zero-order chi connectivity index (χ0) is 7.82. The number of unbranched alkanes of at least 4 members (excludes halogenated alkanes) is 3. The monoisotopic (exact) mass is 140 g/mol. The van der Waals surface area contributed by atoms with Crippen LogP contribution in [0.3, 0.4) is 0 Å². The third kappa shape index (κ3) is 5.87. The van der Waals surface area contributed by atoms with Gasteiger partial charge in [-0.1, -0.05) is 37.8 Å². The topological polar surface area (TPSA) is 0 Å². The lowest BCUT2D eigenvalue weighted by atomic mass is 10.1. The first-order valence-corrected chi connectivity index (χ1v) is 4.43. The lowest BCUT2D eigenvalue weighted by molar-refractivity contribution is 0.664. The fraction of sp³-hybridized carbons (Fsp3) is 0.800. The molecule has 0 spiro atoms. The quantitative estimate of drug-likeness (QED) is 0.401. The van der Waals surface area contributed by atoms with E-state index in [2.05, 4.69) is 26.8 Å². The molecule has 0 heteroatoms. The summed E-state index contributed by atoms with van der Waals surface area (Å²) in [7, 11) is 0. The molecule has 0 N–H and O–H groups in total. The molecule has 0 atom stereocenters. The van der Waals surface area contributed by atoms with Crippen molar-refractivity contribution in [2.45, 2.75) is 52.9 Å². The van der Waals surface area contributed by atoms with E-state index in [-0.39, 0.29) is 0 Å². The van der Waals surface area contributed by atoms with Gasteiger partial charge in [-0.3, -0.25) is 0 Å². The molecular weight excluding hydrogens is 120 g/mol. The van der Waals surface area contributed by atoms with Crippen LogP contribution in [0.15, 0.2) is 11.6 Å². The Kier molecular flexibility index (Phi) is 6.68. The van der Waals surface area contributed by atoms with E-state index in [1.54, 1.807) is 0 Å². The third-order valence-electron chi connectivity index (χ3n) is 1.92. The van der Waals surface area contributed by atoms with Gasteiger partial charge in [0.05, 0.1) is 0 Å². The lowest BCUT2D eigenvalue weighted by Crippen LogP contribution is -1.78. The summed E-state index contributed by atoms with van der Waals surface area (Å²) in [4.78, 5) is 0. The summed E-state index contributed by atoms with van der Waals surface area (Å²) in [6, 6.07) is 0. The highest BCUT2D eigenvalue weighted by molar-refractivity contribution is 4.94. The van der Waals surface area contributed by atoms with Crippen LogP contribution < -0.4 is 0 Å². The second kappa shape index (κ2) is 6.85. The predicted molar refractivity (Wildman–Crippen MR) is 48.2 cm³/mol. The summed E-state index contributed by atoms with van der Waals surface area (Å²) >= 11 is 0. The van der Waals surface area contributed by atoms with Crippen LogP contribution >= 0.6 is 0 Å². The molecule has 0 nitrogen and oxygen atoms in total. The van der Waals surface area contributed by atoms with Gasteiger partial charge in [0, 0.05) is 0 Å². The van der Waals surface area contributed by atoms with Crippen molar-refractivity contribution >= 4 is 0 Å². The molecule has 0 fully saturated rings. The van der Waals surface area contributed by atoms with Crippen molar-refractivity contribution in [2.24, 2.45) is 0 Å². The molecular formula is C10H20. The molecule has 0 aromatic rings. The Morgan fingerprint density at radius 2 is 1.90 bits per heavy atom. The van der Waals surface area contributed by atoms with Crippen LogP contribution in [0.4, 0.5) is 0 Å². The first kappa shape index (κ1) is 9.74. The number of hydrogen-bond donors (Lipinski definition) is 0. The molecule has 0 unspecified atom stereocenters. The van der Waals surface area contributed by atoms with Crippen LogP contribution in [0.2, 0.25) is 0 Å². The van der Waals surface area contributed by atoms with Gasteiger partial charge in [-0.2, -0.15) is 0 Å². The Bertz CT molecular complexity index is 90.2. The number of rotatable bonds is 5. The minimum atomic E-state index is 1.30. The SMILES string of the molecule is C/C=C(/C)CCCCCC. The van der Waals surface area contributed by atoms with Gasteiger partial charge >= 0.3 is 0 Å². The first-order valence-electron chi connectivity index (χ1n) is 4.43. The summed E-state index contributed by atoms with van der Waals surface area (Å²) in [6.07, 6.45) is 9.04. The van der Waals surface area contributed by atoms with Crippen LogP contribution in [0.25, 0.3) is 0 Å². The standard InChI is InChI=1S/C10H20/c1-4-6-7-8-9-10(3)5-2/h5H,4,6-9H2,1-3H3/b10-5-. The van der Waals surface area contributed by atoms with Crippen molar-refractivity contribution in [3.05, 3.63) is 11.6 Å². The maximum absolute atomic E-state index is 2.25. The molecule has 0 heterocycles. The van der Waals surface area contributed by atoms with Crippen molar-refractivity contribution in [3.8, 4) is 0 Å². The molecule has 0 aliphatic rings. The zero-order valence-corrected chi connectivity index (χ0v) is 7.61. The van der Waals surface area contributed by atoms with Gasteiger partial charge in [-0.15, -0.1) is 0 Å². The van der Waals surface area contributed by atoms with Crippen LogP contribution in [0.1, 0.15) is 52.9 Å². The van der Waals surface area contributed by atoms with E-state index >= 15 is 0 Å². The molecule has 0 rings (SSSR count). The molecule has 10 heavy (non-hydrogen) atoms. The molecule has 0 amide bonds. The molecule has 0 aromatic heterocycles. The second-order valence-electron chi connectivity index (χ2n) is 2.95. The van der Waals surface area contributed by atoms with Crippen LogP contribution in [-0.2, 0) is 0 Å². The van der Waals surface area contributed by atoms with Gasteiger partial charge in [-0.25, -0.2) is 0 Å². The van der Waals surface area contributed by atoms with Gasteiger partial charge in [0.15, 0.2) is 0 Å². The van der Waals surface area contributed by atoms with Gasteiger partial charge < -0.3 is 0 Å². The number of allylic oxidation sites excluding steroid dienone is 2. The van der Waals surface area contributed by atoms with E-state index in [1.165, 1.54) is 37.7 Å². The van der Waals surface area contributed by atoms with Gasteiger partial charge in [0.2, 0.25) is 0 Å². The minimum absolute atomic E-state index is 1.30. The average molecular weight is 140 g/mol. The maximum atomic E-state index is 2.25. The van der Waals surface area contributed by atoms with Crippen molar-refractivity contribution in [1.82, 2.24) is 0 Å². The molecule has 0 aromatic carbocycles. The van der Waals surface area contributed by atoms with E-state index in [0.717, 1.165) is 0 Å². The molecule has 0 saturated heterocycles. The zero-order valence-electron chi connectivity index (χ0n) is 7.61. The second-order valence-corrected chi connectivity index (χ2v) is 2.95. The molecule has 0 saturated carbocycles. The normalized spacial score (nSPS) is 12.1. The van der Waals surface area contributed by atoms with E-state index in [1.807, 2.05) is 0 Å². The van der Waals surface area contributed by atoms with Crippen molar-refractivity contribution in [1.29, 1.82) is 0 Å². The Labute approximate surface area is 65.3 Å². The predicted octanol–water partition coefficient (Wildman–Crippen LogP) is 3.92. The Morgan fingerprint density at radius 3 is 2.40 bits per heavy atom. The van der Waals surface area contributed by atoms with Crippen LogP contribution in [0, 0.1) is 0 Å². The molecule has 0 radical (unpaired) electrons. The Morgan fingerprint density at radius 1 is 1.20 bits per heavy atom. The van der Waals surface area contributed by atoms with Crippen molar-refractivity contribution in [3.63, 3.8) is 0 Å². The van der Waals surface area contributed by atoms with E-state index < -0.39 is 0 Å². The fourth-order valence-electron chi connectivity index (χ4n) is 0.975. The first-order chi connectivity index (χ1) is 4.81. The van der Waals surface area contributed by atoms with E-state index in [0.29, 0.717) is 0 Å². The smallest absolute Gasteiger partial charge is 0.0323 e. The summed E-state index contributed by atoms with van der Waals surface area (Å²) in [5.74, 6) is 0. The van der Waals surface area contributed by atoms with Crippen LogP contribution in [0.5, 0.6) is 0 Å². The number of hydrogen-bond acceptors (Lipinski definition) is 0. The van der Waals surface area contributed by atoms with Gasteiger partial charge in [0.25, 0.3) is 0 Å². The van der Waals surface area contributed by atoms with Gasteiger partial charge in [-0.05, 0) is 26.7 Å².